The lowest BCUT2D eigenvalue weighted by Crippen LogP contribution is -2.35. The molecular weight excluding hydrogens is 468 g/mol. The van der Waals surface area contributed by atoms with Crippen molar-refractivity contribution < 1.29 is 14.6 Å². The number of para-hydroxylation sites is 1. The number of hydrogen-bond acceptors (Lipinski definition) is 5. The smallest absolute Gasteiger partial charge is 0.320 e. The minimum atomic E-state index is -0.973. The van der Waals surface area contributed by atoms with Crippen LogP contribution >= 0.6 is 11.3 Å². The van der Waals surface area contributed by atoms with E-state index in [0.29, 0.717) is 32.7 Å². The maximum atomic E-state index is 11.3. The second-order valence-electron chi connectivity index (χ2n) is 9.00. The third-order valence-electron chi connectivity index (χ3n) is 6.06. The van der Waals surface area contributed by atoms with Crippen LogP contribution in [0, 0.1) is 6.92 Å². The second kappa shape index (κ2) is 12.5. The van der Waals surface area contributed by atoms with E-state index in [1.807, 2.05) is 42.5 Å². The lowest BCUT2D eigenvalue weighted by atomic mass is 10.1. The summed E-state index contributed by atoms with van der Waals surface area (Å²) in [7, 11) is 0. The van der Waals surface area contributed by atoms with Crippen LogP contribution in [0.2, 0.25) is 0 Å². The summed E-state index contributed by atoms with van der Waals surface area (Å²) in [4.78, 5) is 14.8. The predicted octanol–water partition coefficient (Wildman–Crippen LogP) is 6.11. The number of carboxylic acids is 1. The molecule has 6 heteroatoms. The highest BCUT2D eigenvalue weighted by Gasteiger charge is 2.17. The molecule has 0 saturated heterocycles. The fourth-order valence-corrected chi connectivity index (χ4v) is 5.04. The Balaban J connectivity index is 1.49. The van der Waals surface area contributed by atoms with Crippen molar-refractivity contribution in [2.45, 2.75) is 39.1 Å². The normalized spacial score (nSPS) is 12.0. The van der Waals surface area contributed by atoms with Crippen molar-refractivity contribution in [2.24, 2.45) is 5.73 Å². The number of nitrogens with zero attached hydrogens (tertiary/aromatic N) is 1. The molecule has 186 valence electrons. The molecule has 0 aliphatic heterocycles. The molecule has 3 aromatic carbocycles. The van der Waals surface area contributed by atoms with E-state index in [1.54, 1.807) is 11.3 Å². The highest BCUT2D eigenvalue weighted by atomic mass is 32.1. The molecular formula is C30H32N2O3S. The fourth-order valence-electron chi connectivity index (χ4n) is 4.10. The number of carbonyl (C=O) groups is 1. The number of ether oxygens (including phenoxy) is 1. The summed E-state index contributed by atoms with van der Waals surface area (Å²) in [5.41, 5.74) is 11.6. The molecule has 1 heterocycles. The van der Waals surface area contributed by atoms with Crippen LogP contribution in [0.4, 0.5) is 0 Å². The molecule has 0 radical (unpaired) electrons. The first-order valence-corrected chi connectivity index (χ1v) is 13.0. The van der Waals surface area contributed by atoms with Crippen molar-refractivity contribution >= 4 is 17.3 Å². The summed E-state index contributed by atoms with van der Waals surface area (Å²) >= 11 is 1.72. The molecule has 0 unspecified atom stereocenters. The Morgan fingerprint density at radius 1 is 0.972 bits per heavy atom. The molecule has 0 bridgehead atoms. The van der Waals surface area contributed by atoms with Crippen molar-refractivity contribution in [3.05, 3.63) is 112 Å². The van der Waals surface area contributed by atoms with Gasteiger partial charge in [-0.05, 0) is 47.5 Å². The number of hydrogen-bond donors (Lipinski definition) is 2. The molecule has 4 rings (SSSR count). The van der Waals surface area contributed by atoms with Gasteiger partial charge in [0.25, 0.3) is 0 Å². The van der Waals surface area contributed by atoms with E-state index in [9.17, 15) is 9.90 Å². The Hall–Kier alpha value is -3.45. The number of rotatable bonds is 12. The third-order valence-corrected chi connectivity index (χ3v) is 6.98. The zero-order valence-corrected chi connectivity index (χ0v) is 21.3. The number of nitrogens with two attached hydrogens (primary N) is 1. The largest absolute Gasteiger partial charge is 0.489 e. The van der Waals surface area contributed by atoms with Crippen LogP contribution in [0.25, 0.3) is 11.1 Å². The summed E-state index contributed by atoms with van der Waals surface area (Å²) in [6.45, 7) is 4.47. The molecule has 1 atom stereocenters. The van der Waals surface area contributed by atoms with Gasteiger partial charge in [0.1, 0.15) is 18.4 Å². The van der Waals surface area contributed by atoms with Gasteiger partial charge in [-0.15, -0.1) is 11.3 Å². The van der Waals surface area contributed by atoms with Crippen molar-refractivity contribution in [3.8, 4) is 16.9 Å². The standard InChI is InChI=1S/C30H32N2O3S/c1-22-8-7-9-23(16-22)20-35-29-13-6-5-12-25(29)18-32(15-14-28(31)30(33)34)19-27-17-26(21-36-27)24-10-3-2-4-11-24/h2-13,16-17,21,28H,14-15,18-20,31H2,1H3,(H,33,34)/t28-/m0/s1. The van der Waals surface area contributed by atoms with E-state index in [-0.39, 0.29) is 0 Å². The fraction of sp³-hybridized carbons (Fsp3) is 0.233. The SMILES string of the molecule is Cc1cccc(COc2ccccc2CN(CC[C@H](N)C(=O)O)Cc2cc(-c3ccccc3)cs2)c1. The van der Waals surface area contributed by atoms with E-state index < -0.39 is 12.0 Å². The van der Waals surface area contributed by atoms with Crippen LogP contribution in [0.1, 0.15) is 28.0 Å². The van der Waals surface area contributed by atoms with Gasteiger partial charge in [-0.25, -0.2) is 0 Å². The molecule has 0 aliphatic carbocycles. The Morgan fingerprint density at radius 2 is 1.75 bits per heavy atom. The lowest BCUT2D eigenvalue weighted by molar-refractivity contribution is -0.138. The highest BCUT2D eigenvalue weighted by molar-refractivity contribution is 7.10. The van der Waals surface area contributed by atoms with Crippen molar-refractivity contribution in [3.63, 3.8) is 0 Å². The second-order valence-corrected chi connectivity index (χ2v) is 9.99. The summed E-state index contributed by atoms with van der Waals surface area (Å²) < 4.78 is 6.21. The van der Waals surface area contributed by atoms with Gasteiger partial charge in [-0.3, -0.25) is 9.69 Å². The first kappa shape index (κ1) is 25.6. The molecule has 4 aromatic rings. The molecule has 0 spiro atoms. The average molecular weight is 501 g/mol. The quantitative estimate of drug-likeness (QED) is 0.246. The van der Waals surface area contributed by atoms with Gasteiger partial charge in [0, 0.05) is 30.1 Å². The highest BCUT2D eigenvalue weighted by Crippen LogP contribution is 2.28. The molecule has 0 aliphatic rings. The van der Waals surface area contributed by atoms with Crippen LogP contribution in [0.5, 0.6) is 5.75 Å². The molecule has 36 heavy (non-hydrogen) atoms. The molecule has 3 N–H and O–H groups in total. The first-order valence-electron chi connectivity index (χ1n) is 12.1. The number of aryl methyl sites for hydroxylation is 1. The molecule has 5 nitrogen and oxygen atoms in total. The Bertz CT molecular complexity index is 1270. The topological polar surface area (TPSA) is 75.8 Å². The van der Waals surface area contributed by atoms with Crippen LogP contribution in [-0.2, 0) is 24.5 Å². The van der Waals surface area contributed by atoms with Crippen molar-refractivity contribution in [1.82, 2.24) is 4.90 Å². The van der Waals surface area contributed by atoms with Gasteiger partial charge in [-0.1, -0.05) is 78.4 Å². The van der Waals surface area contributed by atoms with E-state index in [1.165, 1.54) is 21.6 Å². The zero-order valence-electron chi connectivity index (χ0n) is 20.5. The third kappa shape index (κ3) is 7.28. The van der Waals surface area contributed by atoms with Gasteiger partial charge >= 0.3 is 5.97 Å². The molecule has 0 saturated carbocycles. The lowest BCUT2D eigenvalue weighted by Gasteiger charge is -2.24. The number of carboxylic acid groups (broad SMARTS) is 1. The summed E-state index contributed by atoms with van der Waals surface area (Å²) in [6.07, 6.45) is 0.374. The Labute approximate surface area is 216 Å². The number of aliphatic carboxylic acids is 1. The minimum Gasteiger partial charge on any atom is -0.489 e. The molecule has 0 amide bonds. The van der Waals surface area contributed by atoms with Gasteiger partial charge in [0.05, 0.1) is 0 Å². The summed E-state index contributed by atoms with van der Waals surface area (Å²) in [6, 6.07) is 28.0. The van der Waals surface area contributed by atoms with Crippen LogP contribution in [0.3, 0.4) is 0 Å². The van der Waals surface area contributed by atoms with Crippen molar-refractivity contribution in [1.29, 1.82) is 0 Å². The number of thiophene rings is 1. The van der Waals surface area contributed by atoms with Crippen molar-refractivity contribution in [2.75, 3.05) is 6.54 Å². The first-order chi connectivity index (χ1) is 17.5. The maximum Gasteiger partial charge on any atom is 0.320 e. The van der Waals surface area contributed by atoms with E-state index in [0.717, 1.165) is 16.9 Å². The Kier molecular flexibility index (Phi) is 8.90. The minimum absolute atomic E-state index is 0.374. The maximum absolute atomic E-state index is 11.3. The molecule has 0 fully saturated rings. The van der Waals surface area contributed by atoms with E-state index >= 15 is 0 Å². The van der Waals surface area contributed by atoms with E-state index in [2.05, 4.69) is 59.7 Å². The van der Waals surface area contributed by atoms with E-state index in [4.69, 9.17) is 10.5 Å². The van der Waals surface area contributed by atoms with Crippen LogP contribution in [0.15, 0.2) is 90.3 Å². The van der Waals surface area contributed by atoms with Crippen LogP contribution < -0.4 is 10.5 Å². The van der Waals surface area contributed by atoms with Crippen LogP contribution in [-0.4, -0.2) is 28.6 Å². The zero-order chi connectivity index (χ0) is 25.3. The Morgan fingerprint density at radius 3 is 2.53 bits per heavy atom. The summed E-state index contributed by atoms with van der Waals surface area (Å²) in [5, 5.41) is 11.5. The van der Waals surface area contributed by atoms with Gasteiger partial charge in [0.15, 0.2) is 0 Å². The van der Waals surface area contributed by atoms with Gasteiger partial charge in [-0.2, -0.15) is 0 Å². The van der Waals surface area contributed by atoms with Gasteiger partial charge in [0.2, 0.25) is 0 Å². The predicted molar refractivity (Wildman–Crippen MR) is 146 cm³/mol. The molecule has 1 aromatic heterocycles. The van der Waals surface area contributed by atoms with Gasteiger partial charge < -0.3 is 15.6 Å². The average Bonchev–Trinajstić information content (AvgIpc) is 3.35. The number of benzene rings is 3. The summed E-state index contributed by atoms with van der Waals surface area (Å²) in [5.74, 6) is -0.137. The monoisotopic (exact) mass is 500 g/mol.